The van der Waals surface area contributed by atoms with Crippen molar-refractivity contribution in [3.63, 3.8) is 0 Å². The van der Waals surface area contributed by atoms with E-state index in [4.69, 9.17) is 0 Å². The van der Waals surface area contributed by atoms with Gasteiger partial charge in [-0.2, -0.15) is 0 Å². The number of aliphatic hydroxyl groups excluding tert-OH is 1. The Morgan fingerprint density at radius 1 is 1.38 bits per heavy atom. The molecule has 2 heteroatoms. The first-order valence-electron chi connectivity index (χ1n) is 5.70. The van der Waals surface area contributed by atoms with Crippen molar-refractivity contribution in [1.29, 1.82) is 0 Å². The summed E-state index contributed by atoms with van der Waals surface area (Å²) in [5, 5.41) is 9.38. The molecule has 0 bridgehead atoms. The van der Waals surface area contributed by atoms with Gasteiger partial charge in [-0.1, -0.05) is 13.8 Å². The van der Waals surface area contributed by atoms with Crippen LogP contribution in [0.25, 0.3) is 0 Å². The lowest BCUT2D eigenvalue weighted by Gasteiger charge is -2.20. The summed E-state index contributed by atoms with van der Waals surface area (Å²) < 4.78 is 0. The Hall–Kier alpha value is -0.0800. The zero-order valence-corrected chi connectivity index (χ0v) is 9.00. The predicted octanol–water partition coefficient (Wildman–Crippen LogP) is 2.02. The Bertz CT molecular complexity index is 134. The monoisotopic (exact) mass is 185 g/mol. The van der Waals surface area contributed by atoms with Crippen LogP contribution in [-0.2, 0) is 0 Å². The van der Waals surface area contributed by atoms with Crippen LogP contribution in [0.2, 0.25) is 0 Å². The SMILES string of the molecule is CCC(O)CCCN(CC)C1CC1. The van der Waals surface area contributed by atoms with Crippen LogP contribution in [-0.4, -0.2) is 35.2 Å². The molecule has 0 radical (unpaired) electrons. The molecule has 0 aromatic rings. The van der Waals surface area contributed by atoms with E-state index in [2.05, 4.69) is 11.8 Å². The van der Waals surface area contributed by atoms with Crippen molar-refractivity contribution in [1.82, 2.24) is 4.90 Å². The van der Waals surface area contributed by atoms with E-state index in [9.17, 15) is 5.11 Å². The topological polar surface area (TPSA) is 23.5 Å². The van der Waals surface area contributed by atoms with E-state index in [0.29, 0.717) is 0 Å². The van der Waals surface area contributed by atoms with Crippen LogP contribution < -0.4 is 0 Å². The smallest absolute Gasteiger partial charge is 0.0538 e. The van der Waals surface area contributed by atoms with Gasteiger partial charge in [0.05, 0.1) is 6.10 Å². The van der Waals surface area contributed by atoms with Crippen LogP contribution in [0.4, 0.5) is 0 Å². The van der Waals surface area contributed by atoms with Crippen molar-refractivity contribution in [2.24, 2.45) is 0 Å². The molecule has 78 valence electrons. The van der Waals surface area contributed by atoms with Crippen molar-refractivity contribution >= 4 is 0 Å². The highest BCUT2D eigenvalue weighted by Crippen LogP contribution is 2.26. The minimum Gasteiger partial charge on any atom is -0.393 e. The molecule has 0 aromatic carbocycles. The molecule has 0 saturated heterocycles. The van der Waals surface area contributed by atoms with Gasteiger partial charge in [-0.3, -0.25) is 0 Å². The Balaban J connectivity index is 2.02. The van der Waals surface area contributed by atoms with E-state index < -0.39 is 0 Å². The van der Waals surface area contributed by atoms with Gasteiger partial charge < -0.3 is 10.0 Å². The zero-order valence-electron chi connectivity index (χ0n) is 9.00. The maximum absolute atomic E-state index is 9.38. The number of aliphatic hydroxyl groups is 1. The molecular formula is C11H23NO. The second-order valence-electron chi connectivity index (χ2n) is 4.06. The van der Waals surface area contributed by atoms with Gasteiger partial charge >= 0.3 is 0 Å². The van der Waals surface area contributed by atoms with Crippen LogP contribution >= 0.6 is 0 Å². The molecular weight excluding hydrogens is 162 g/mol. The van der Waals surface area contributed by atoms with Crippen LogP contribution in [0.3, 0.4) is 0 Å². The number of hydrogen-bond donors (Lipinski definition) is 1. The van der Waals surface area contributed by atoms with Crippen molar-refractivity contribution in [2.75, 3.05) is 13.1 Å². The number of hydrogen-bond acceptors (Lipinski definition) is 2. The van der Waals surface area contributed by atoms with Crippen molar-refractivity contribution in [2.45, 2.75) is 58.1 Å². The summed E-state index contributed by atoms with van der Waals surface area (Å²) in [5.41, 5.74) is 0. The summed E-state index contributed by atoms with van der Waals surface area (Å²) in [6.45, 7) is 6.63. The fraction of sp³-hybridized carbons (Fsp3) is 1.00. The summed E-state index contributed by atoms with van der Waals surface area (Å²) in [6, 6.07) is 0.878. The van der Waals surface area contributed by atoms with E-state index in [1.54, 1.807) is 0 Å². The van der Waals surface area contributed by atoms with Gasteiger partial charge in [0.1, 0.15) is 0 Å². The highest BCUT2D eigenvalue weighted by atomic mass is 16.3. The third kappa shape index (κ3) is 4.10. The van der Waals surface area contributed by atoms with E-state index in [1.807, 2.05) is 6.92 Å². The Morgan fingerprint density at radius 2 is 2.08 bits per heavy atom. The van der Waals surface area contributed by atoms with Crippen molar-refractivity contribution in [3.8, 4) is 0 Å². The van der Waals surface area contributed by atoms with Gasteiger partial charge in [-0.05, 0) is 45.2 Å². The normalized spacial score (nSPS) is 19.4. The standard InChI is InChI=1S/C11H23NO/c1-3-11(13)6-5-9-12(4-2)10-7-8-10/h10-11,13H,3-9H2,1-2H3. The van der Waals surface area contributed by atoms with Crippen LogP contribution in [0.15, 0.2) is 0 Å². The highest BCUT2D eigenvalue weighted by molar-refractivity contribution is 4.83. The van der Waals surface area contributed by atoms with Crippen LogP contribution in [0.5, 0.6) is 0 Å². The van der Waals surface area contributed by atoms with Gasteiger partial charge in [0.15, 0.2) is 0 Å². The predicted molar refractivity (Wildman–Crippen MR) is 55.8 cm³/mol. The third-order valence-electron chi connectivity index (χ3n) is 2.92. The van der Waals surface area contributed by atoms with E-state index in [0.717, 1.165) is 25.3 Å². The van der Waals surface area contributed by atoms with Crippen molar-refractivity contribution in [3.05, 3.63) is 0 Å². The number of nitrogens with zero attached hydrogens (tertiary/aromatic N) is 1. The van der Waals surface area contributed by atoms with Crippen LogP contribution in [0, 0.1) is 0 Å². The summed E-state index contributed by atoms with van der Waals surface area (Å²) in [4.78, 5) is 2.54. The molecule has 2 nitrogen and oxygen atoms in total. The molecule has 1 atom stereocenters. The van der Waals surface area contributed by atoms with Gasteiger partial charge in [0, 0.05) is 6.04 Å². The van der Waals surface area contributed by atoms with Gasteiger partial charge in [-0.15, -0.1) is 0 Å². The lowest BCUT2D eigenvalue weighted by atomic mass is 10.1. The Kier molecular flexibility index (Phi) is 4.74. The molecule has 1 fully saturated rings. The largest absolute Gasteiger partial charge is 0.393 e. The lowest BCUT2D eigenvalue weighted by Crippen LogP contribution is -2.27. The maximum Gasteiger partial charge on any atom is 0.0538 e. The summed E-state index contributed by atoms with van der Waals surface area (Å²) in [6.07, 6.45) is 5.74. The molecule has 0 aromatic heterocycles. The van der Waals surface area contributed by atoms with E-state index >= 15 is 0 Å². The van der Waals surface area contributed by atoms with Crippen LogP contribution in [0.1, 0.15) is 46.0 Å². The van der Waals surface area contributed by atoms with Gasteiger partial charge in [0.25, 0.3) is 0 Å². The Labute approximate surface area is 81.9 Å². The summed E-state index contributed by atoms with van der Waals surface area (Å²) in [7, 11) is 0. The lowest BCUT2D eigenvalue weighted by molar-refractivity contribution is 0.149. The average molecular weight is 185 g/mol. The quantitative estimate of drug-likeness (QED) is 0.656. The first-order chi connectivity index (χ1) is 6.27. The summed E-state index contributed by atoms with van der Waals surface area (Å²) >= 11 is 0. The average Bonchev–Trinajstić information content (AvgIpc) is 2.95. The molecule has 0 heterocycles. The molecule has 0 amide bonds. The molecule has 1 N–H and O–H groups in total. The maximum atomic E-state index is 9.38. The van der Waals surface area contributed by atoms with E-state index in [-0.39, 0.29) is 6.10 Å². The molecule has 0 aliphatic heterocycles. The van der Waals surface area contributed by atoms with Gasteiger partial charge in [0.2, 0.25) is 0 Å². The fourth-order valence-corrected chi connectivity index (χ4v) is 1.77. The molecule has 13 heavy (non-hydrogen) atoms. The Morgan fingerprint density at radius 3 is 2.54 bits per heavy atom. The van der Waals surface area contributed by atoms with Crippen molar-refractivity contribution < 1.29 is 5.11 Å². The first-order valence-corrected chi connectivity index (χ1v) is 5.70. The second-order valence-corrected chi connectivity index (χ2v) is 4.06. The molecule has 1 aliphatic rings. The van der Waals surface area contributed by atoms with E-state index in [1.165, 1.54) is 25.9 Å². The van der Waals surface area contributed by atoms with Gasteiger partial charge in [-0.25, -0.2) is 0 Å². The minimum absolute atomic E-state index is 0.0714. The molecule has 1 rings (SSSR count). The fourth-order valence-electron chi connectivity index (χ4n) is 1.77. The molecule has 0 spiro atoms. The molecule has 1 saturated carbocycles. The highest BCUT2D eigenvalue weighted by Gasteiger charge is 2.27. The second kappa shape index (κ2) is 5.61. The third-order valence-corrected chi connectivity index (χ3v) is 2.92. The first kappa shape index (κ1) is 11.0. The summed E-state index contributed by atoms with van der Waals surface area (Å²) in [5.74, 6) is 0. The zero-order chi connectivity index (χ0) is 9.68. The minimum atomic E-state index is -0.0714. The molecule has 1 unspecified atom stereocenters. The number of rotatable bonds is 7. The molecule has 1 aliphatic carbocycles.